The Hall–Kier alpha value is -1.84. The molecule has 1 N–H and O–H groups in total. The van der Waals surface area contributed by atoms with Gasteiger partial charge >= 0.3 is 0 Å². The van der Waals surface area contributed by atoms with E-state index in [0.29, 0.717) is 0 Å². The first-order chi connectivity index (χ1) is 9.37. The van der Waals surface area contributed by atoms with E-state index in [1.807, 2.05) is 39.0 Å². The highest BCUT2D eigenvalue weighted by Crippen LogP contribution is 2.28. The Morgan fingerprint density at radius 3 is 2.60 bits per heavy atom. The smallest absolute Gasteiger partial charge is 0.227 e. The molecule has 0 spiro atoms. The normalized spacial score (nSPS) is 14.1. The van der Waals surface area contributed by atoms with Gasteiger partial charge in [-0.1, -0.05) is 18.2 Å². The van der Waals surface area contributed by atoms with Gasteiger partial charge in [-0.05, 0) is 38.8 Å². The average molecular weight is 274 g/mol. The van der Waals surface area contributed by atoms with Gasteiger partial charge in [0, 0.05) is 30.6 Å². The number of rotatable bonds is 3. The molecule has 4 heteroatoms. The first kappa shape index (κ1) is 14.6. The van der Waals surface area contributed by atoms with E-state index in [0.717, 1.165) is 18.7 Å². The Morgan fingerprint density at radius 2 is 1.90 bits per heavy atom. The van der Waals surface area contributed by atoms with Crippen molar-refractivity contribution in [2.75, 3.05) is 11.4 Å². The number of carbonyl (C=O) groups excluding carboxylic acids is 2. The van der Waals surface area contributed by atoms with Gasteiger partial charge in [0.2, 0.25) is 11.8 Å². The van der Waals surface area contributed by atoms with Gasteiger partial charge in [0.1, 0.15) is 0 Å². The number of amides is 2. The standard InChI is InChI=1S/C16H22N2O2/c1-16(2,3)17-14(19)8-9-15(20)18-11-10-12-6-4-5-7-13(12)18/h4-7H,8-11H2,1-3H3,(H,17,19). The van der Waals surface area contributed by atoms with Crippen molar-refractivity contribution in [1.29, 1.82) is 0 Å². The Kier molecular flexibility index (Phi) is 4.12. The zero-order valence-corrected chi connectivity index (χ0v) is 12.4. The van der Waals surface area contributed by atoms with Crippen molar-refractivity contribution < 1.29 is 9.59 Å². The van der Waals surface area contributed by atoms with E-state index >= 15 is 0 Å². The molecule has 20 heavy (non-hydrogen) atoms. The van der Waals surface area contributed by atoms with Crippen LogP contribution in [0.3, 0.4) is 0 Å². The molecule has 0 atom stereocenters. The van der Waals surface area contributed by atoms with Crippen LogP contribution in [0, 0.1) is 0 Å². The number of benzene rings is 1. The largest absolute Gasteiger partial charge is 0.351 e. The minimum absolute atomic E-state index is 0.0269. The topological polar surface area (TPSA) is 49.4 Å². The van der Waals surface area contributed by atoms with Crippen molar-refractivity contribution in [3.63, 3.8) is 0 Å². The summed E-state index contributed by atoms with van der Waals surface area (Å²) in [5.74, 6) is -0.0441. The molecule has 1 aromatic carbocycles. The maximum Gasteiger partial charge on any atom is 0.227 e. The maximum absolute atomic E-state index is 12.2. The number of carbonyl (C=O) groups is 2. The third kappa shape index (κ3) is 3.59. The van der Waals surface area contributed by atoms with Crippen LogP contribution in [0.4, 0.5) is 5.69 Å². The van der Waals surface area contributed by atoms with Crippen molar-refractivity contribution in [3.05, 3.63) is 29.8 Å². The van der Waals surface area contributed by atoms with Crippen molar-refractivity contribution in [3.8, 4) is 0 Å². The summed E-state index contributed by atoms with van der Waals surface area (Å²) in [6.07, 6.45) is 1.40. The van der Waals surface area contributed by atoms with Crippen molar-refractivity contribution in [2.45, 2.75) is 45.6 Å². The molecule has 0 bridgehead atoms. The number of nitrogens with one attached hydrogen (secondary N) is 1. The molecule has 0 saturated heterocycles. The molecule has 1 aromatic rings. The molecule has 2 rings (SSSR count). The Labute approximate surface area is 120 Å². The monoisotopic (exact) mass is 274 g/mol. The molecule has 1 aliphatic rings. The highest BCUT2D eigenvalue weighted by atomic mass is 16.2. The predicted molar refractivity (Wildman–Crippen MR) is 79.6 cm³/mol. The number of para-hydroxylation sites is 1. The van der Waals surface area contributed by atoms with Gasteiger partial charge in [0.15, 0.2) is 0 Å². The summed E-state index contributed by atoms with van der Waals surface area (Å²) in [6, 6.07) is 7.95. The minimum atomic E-state index is -0.250. The Morgan fingerprint density at radius 1 is 1.20 bits per heavy atom. The van der Waals surface area contributed by atoms with Gasteiger partial charge in [-0.2, -0.15) is 0 Å². The van der Waals surface area contributed by atoms with Gasteiger partial charge in [-0.3, -0.25) is 9.59 Å². The Bertz CT molecular complexity index is 517. The molecule has 0 radical (unpaired) electrons. The quantitative estimate of drug-likeness (QED) is 0.919. The van der Waals surface area contributed by atoms with E-state index in [2.05, 4.69) is 11.4 Å². The zero-order chi connectivity index (χ0) is 14.8. The second-order valence-corrected chi connectivity index (χ2v) is 6.22. The molecule has 0 unspecified atom stereocenters. The van der Waals surface area contributed by atoms with Crippen LogP contribution >= 0.6 is 0 Å². The minimum Gasteiger partial charge on any atom is -0.351 e. The van der Waals surface area contributed by atoms with Crippen LogP contribution in [-0.2, 0) is 16.0 Å². The molecular weight excluding hydrogens is 252 g/mol. The van der Waals surface area contributed by atoms with E-state index in [9.17, 15) is 9.59 Å². The molecule has 1 heterocycles. The maximum atomic E-state index is 12.2. The lowest BCUT2D eigenvalue weighted by Gasteiger charge is -2.21. The molecule has 2 amide bonds. The molecule has 4 nitrogen and oxygen atoms in total. The summed E-state index contributed by atoms with van der Waals surface area (Å²) in [5, 5.41) is 2.87. The first-order valence-electron chi connectivity index (χ1n) is 7.06. The fourth-order valence-corrected chi connectivity index (χ4v) is 2.43. The highest BCUT2D eigenvalue weighted by molar-refractivity contribution is 5.97. The summed E-state index contributed by atoms with van der Waals surface area (Å²) >= 11 is 0. The molecule has 0 aromatic heterocycles. The van der Waals surface area contributed by atoms with Gasteiger partial charge in [-0.25, -0.2) is 0 Å². The first-order valence-corrected chi connectivity index (χ1v) is 7.06. The average Bonchev–Trinajstić information content (AvgIpc) is 2.78. The number of fused-ring (bicyclic) bond motifs is 1. The van der Waals surface area contributed by atoms with Crippen molar-refractivity contribution in [2.24, 2.45) is 0 Å². The summed E-state index contributed by atoms with van der Waals surface area (Å²) in [5.41, 5.74) is 1.95. The second kappa shape index (κ2) is 5.65. The van der Waals surface area contributed by atoms with Crippen LogP contribution in [0.1, 0.15) is 39.2 Å². The number of anilines is 1. The number of nitrogens with zero attached hydrogens (tertiary/aromatic N) is 1. The molecule has 0 fully saturated rings. The lowest BCUT2D eigenvalue weighted by Crippen LogP contribution is -2.41. The van der Waals surface area contributed by atoms with E-state index in [1.165, 1.54) is 5.56 Å². The highest BCUT2D eigenvalue weighted by Gasteiger charge is 2.24. The van der Waals surface area contributed by atoms with Crippen molar-refractivity contribution in [1.82, 2.24) is 5.32 Å². The third-order valence-corrected chi connectivity index (χ3v) is 3.27. The fourth-order valence-electron chi connectivity index (χ4n) is 2.43. The van der Waals surface area contributed by atoms with Gasteiger partial charge in [0.25, 0.3) is 0 Å². The van der Waals surface area contributed by atoms with E-state index < -0.39 is 0 Å². The predicted octanol–water partition coefficient (Wildman–Crippen LogP) is 2.27. The summed E-state index contributed by atoms with van der Waals surface area (Å²) in [6.45, 7) is 6.52. The zero-order valence-electron chi connectivity index (χ0n) is 12.4. The van der Waals surface area contributed by atoms with Gasteiger partial charge in [0.05, 0.1) is 0 Å². The van der Waals surface area contributed by atoms with E-state index in [-0.39, 0.29) is 30.2 Å². The van der Waals surface area contributed by atoms with Gasteiger partial charge < -0.3 is 10.2 Å². The van der Waals surface area contributed by atoms with Crippen LogP contribution in [0.5, 0.6) is 0 Å². The summed E-state index contributed by atoms with van der Waals surface area (Å²) < 4.78 is 0. The molecule has 108 valence electrons. The fraction of sp³-hybridized carbons (Fsp3) is 0.500. The number of hydrogen-bond donors (Lipinski definition) is 1. The molecule has 0 saturated carbocycles. The molecule has 1 aliphatic heterocycles. The van der Waals surface area contributed by atoms with E-state index in [4.69, 9.17) is 0 Å². The summed E-state index contributed by atoms with van der Waals surface area (Å²) in [4.78, 5) is 25.8. The third-order valence-electron chi connectivity index (χ3n) is 3.27. The van der Waals surface area contributed by atoms with Crippen LogP contribution in [-0.4, -0.2) is 23.9 Å². The van der Waals surface area contributed by atoms with E-state index in [1.54, 1.807) is 4.90 Å². The lowest BCUT2D eigenvalue weighted by molar-refractivity contribution is -0.126. The van der Waals surface area contributed by atoms with Crippen LogP contribution in [0.2, 0.25) is 0 Å². The summed E-state index contributed by atoms with van der Waals surface area (Å²) in [7, 11) is 0. The van der Waals surface area contributed by atoms with Crippen LogP contribution in [0.15, 0.2) is 24.3 Å². The molecule has 0 aliphatic carbocycles. The number of hydrogen-bond acceptors (Lipinski definition) is 2. The van der Waals surface area contributed by atoms with Crippen molar-refractivity contribution >= 4 is 17.5 Å². The van der Waals surface area contributed by atoms with Crippen LogP contribution < -0.4 is 10.2 Å². The SMILES string of the molecule is CC(C)(C)NC(=O)CCC(=O)N1CCc2ccccc21. The second-order valence-electron chi connectivity index (χ2n) is 6.22. The molecular formula is C16H22N2O2. The van der Waals surface area contributed by atoms with Crippen LogP contribution in [0.25, 0.3) is 0 Å². The lowest BCUT2D eigenvalue weighted by atomic mass is 10.1. The van der Waals surface area contributed by atoms with Gasteiger partial charge in [-0.15, -0.1) is 0 Å². The Balaban J connectivity index is 1.89.